The van der Waals surface area contributed by atoms with Crippen LogP contribution in [0.25, 0.3) is 0 Å². The van der Waals surface area contributed by atoms with Crippen LogP contribution in [0.1, 0.15) is 30.2 Å². The Kier molecular flexibility index (Phi) is 7.59. The van der Waals surface area contributed by atoms with Crippen molar-refractivity contribution in [1.29, 1.82) is 0 Å². The van der Waals surface area contributed by atoms with Crippen LogP contribution in [0.5, 0.6) is 5.75 Å². The number of nitrogens with zero attached hydrogens (tertiary/aromatic N) is 2. The van der Waals surface area contributed by atoms with Crippen molar-refractivity contribution in [3.05, 3.63) is 95.8 Å². The Morgan fingerprint density at radius 2 is 1.57 bits per heavy atom. The van der Waals surface area contributed by atoms with Gasteiger partial charge in [-0.2, -0.15) is 0 Å². The molecule has 4 nitrogen and oxygen atoms in total. The van der Waals surface area contributed by atoms with Gasteiger partial charge in [0.2, 0.25) is 0 Å². The van der Waals surface area contributed by atoms with Crippen molar-refractivity contribution < 1.29 is 9.84 Å². The first kappa shape index (κ1) is 20.1. The SMILES string of the molecule is CC[C@@H](CO)N(Cc1ccccc1)Cc1ccc(OCc2ccccn2)cc1. The van der Waals surface area contributed by atoms with Crippen molar-refractivity contribution in [2.75, 3.05) is 6.61 Å². The van der Waals surface area contributed by atoms with Crippen LogP contribution >= 0.6 is 0 Å². The molecule has 0 saturated heterocycles. The number of aliphatic hydroxyl groups excluding tert-OH is 1. The first-order valence-electron chi connectivity index (χ1n) is 9.79. The van der Waals surface area contributed by atoms with Gasteiger partial charge in [-0.25, -0.2) is 0 Å². The van der Waals surface area contributed by atoms with E-state index in [1.807, 2.05) is 36.4 Å². The fourth-order valence-electron chi connectivity index (χ4n) is 3.20. The van der Waals surface area contributed by atoms with Crippen LogP contribution in [0.4, 0.5) is 0 Å². The number of ether oxygens (including phenoxy) is 1. The number of pyridine rings is 1. The first-order chi connectivity index (χ1) is 13.8. The number of rotatable bonds is 10. The number of hydrogen-bond donors (Lipinski definition) is 1. The van der Waals surface area contributed by atoms with Gasteiger partial charge in [0, 0.05) is 25.3 Å². The van der Waals surface area contributed by atoms with Gasteiger partial charge in [0.25, 0.3) is 0 Å². The normalized spacial score (nSPS) is 12.1. The molecule has 0 amide bonds. The molecule has 0 fully saturated rings. The minimum absolute atomic E-state index is 0.139. The van der Waals surface area contributed by atoms with Crippen LogP contribution < -0.4 is 4.74 Å². The molecule has 2 aromatic carbocycles. The molecule has 3 aromatic rings. The minimum atomic E-state index is 0.139. The molecular weight excluding hydrogens is 348 g/mol. The maximum absolute atomic E-state index is 9.81. The smallest absolute Gasteiger partial charge is 0.130 e. The predicted molar refractivity (Wildman–Crippen MR) is 112 cm³/mol. The highest BCUT2D eigenvalue weighted by molar-refractivity contribution is 5.27. The summed E-state index contributed by atoms with van der Waals surface area (Å²) in [5.74, 6) is 0.832. The number of benzene rings is 2. The van der Waals surface area contributed by atoms with Crippen molar-refractivity contribution in [3.63, 3.8) is 0 Å². The average molecular weight is 377 g/mol. The summed E-state index contributed by atoms with van der Waals surface area (Å²) in [7, 11) is 0. The van der Waals surface area contributed by atoms with E-state index in [2.05, 4.69) is 53.2 Å². The average Bonchev–Trinajstić information content (AvgIpc) is 2.75. The Labute approximate surface area is 167 Å². The van der Waals surface area contributed by atoms with Crippen molar-refractivity contribution in [2.45, 2.75) is 39.1 Å². The van der Waals surface area contributed by atoms with Gasteiger partial charge >= 0.3 is 0 Å². The van der Waals surface area contributed by atoms with Crippen LogP contribution in [0.3, 0.4) is 0 Å². The maximum Gasteiger partial charge on any atom is 0.130 e. The molecular formula is C24H28N2O2. The minimum Gasteiger partial charge on any atom is -0.487 e. The fraction of sp³-hybridized carbons (Fsp3) is 0.292. The molecule has 0 radical (unpaired) electrons. The Hall–Kier alpha value is -2.69. The van der Waals surface area contributed by atoms with Gasteiger partial charge in [0.15, 0.2) is 0 Å². The van der Waals surface area contributed by atoms with Gasteiger partial charge in [-0.3, -0.25) is 9.88 Å². The molecule has 3 rings (SSSR count). The van der Waals surface area contributed by atoms with Gasteiger partial charge in [-0.15, -0.1) is 0 Å². The van der Waals surface area contributed by atoms with E-state index in [-0.39, 0.29) is 12.6 Å². The van der Waals surface area contributed by atoms with E-state index in [1.54, 1.807) is 6.20 Å². The summed E-state index contributed by atoms with van der Waals surface area (Å²) in [6, 6.07) is 24.5. The lowest BCUT2D eigenvalue weighted by Crippen LogP contribution is -2.36. The fourth-order valence-corrected chi connectivity index (χ4v) is 3.20. The summed E-state index contributed by atoms with van der Waals surface area (Å²) in [6.07, 6.45) is 2.68. The van der Waals surface area contributed by atoms with Crippen molar-refractivity contribution >= 4 is 0 Å². The van der Waals surface area contributed by atoms with Crippen LogP contribution in [0.2, 0.25) is 0 Å². The summed E-state index contributed by atoms with van der Waals surface area (Å²) in [5, 5.41) is 9.81. The van der Waals surface area contributed by atoms with E-state index in [0.717, 1.165) is 31.0 Å². The first-order valence-corrected chi connectivity index (χ1v) is 9.79. The molecule has 0 aliphatic rings. The Balaban J connectivity index is 1.63. The van der Waals surface area contributed by atoms with E-state index in [9.17, 15) is 5.11 Å². The standard InChI is InChI=1S/C24H28N2O2/c1-2-23(18-27)26(16-20-8-4-3-5-9-20)17-21-11-13-24(14-12-21)28-19-22-10-6-7-15-25-22/h3-15,23,27H,2,16-19H2,1H3/t23-/m0/s1. The molecule has 0 bridgehead atoms. The summed E-state index contributed by atoms with van der Waals surface area (Å²) >= 11 is 0. The zero-order valence-corrected chi connectivity index (χ0v) is 16.4. The van der Waals surface area contributed by atoms with Gasteiger partial charge in [-0.05, 0) is 41.8 Å². The Morgan fingerprint density at radius 3 is 2.18 bits per heavy atom. The van der Waals surface area contributed by atoms with Gasteiger partial charge in [-0.1, -0.05) is 55.5 Å². The molecule has 1 aromatic heterocycles. The van der Waals surface area contributed by atoms with E-state index in [4.69, 9.17) is 4.74 Å². The van der Waals surface area contributed by atoms with Crippen LogP contribution in [-0.2, 0) is 19.7 Å². The molecule has 1 N–H and O–H groups in total. The third-order valence-electron chi connectivity index (χ3n) is 4.85. The summed E-state index contributed by atoms with van der Waals surface area (Å²) in [6.45, 7) is 4.34. The quantitative estimate of drug-likeness (QED) is 0.568. The monoisotopic (exact) mass is 376 g/mol. The molecule has 0 aliphatic heterocycles. The molecule has 146 valence electrons. The zero-order chi connectivity index (χ0) is 19.6. The van der Waals surface area contributed by atoms with Crippen LogP contribution in [0, 0.1) is 0 Å². The third-order valence-corrected chi connectivity index (χ3v) is 4.85. The number of hydrogen-bond acceptors (Lipinski definition) is 4. The van der Waals surface area contributed by atoms with E-state index >= 15 is 0 Å². The number of aliphatic hydroxyl groups is 1. The molecule has 28 heavy (non-hydrogen) atoms. The summed E-state index contributed by atoms with van der Waals surface area (Å²) in [4.78, 5) is 6.61. The van der Waals surface area contributed by atoms with Crippen molar-refractivity contribution in [1.82, 2.24) is 9.88 Å². The summed E-state index contributed by atoms with van der Waals surface area (Å²) < 4.78 is 5.82. The lowest BCUT2D eigenvalue weighted by molar-refractivity contribution is 0.107. The van der Waals surface area contributed by atoms with Gasteiger partial charge < -0.3 is 9.84 Å². The molecule has 1 heterocycles. The lowest BCUT2D eigenvalue weighted by Gasteiger charge is -2.30. The predicted octanol–water partition coefficient (Wildman–Crippen LogP) is 4.43. The zero-order valence-electron chi connectivity index (χ0n) is 16.4. The highest BCUT2D eigenvalue weighted by atomic mass is 16.5. The highest BCUT2D eigenvalue weighted by Crippen LogP contribution is 2.18. The molecule has 0 spiro atoms. The van der Waals surface area contributed by atoms with E-state index in [1.165, 1.54) is 11.1 Å². The van der Waals surface area contributed by atoms with E-state index in [0.29, 0.717) is 6.61 Å². The maximum atomic E-state index is 9.81. The Bertz CT molecular complexity index is 803. The van der Waals surface area contributed by atoms with Crippen molar-refractivity contribution in [3.8, 4) is 5.75 Å². The van der Waals surface area contributed by atoms with Gasteiger partial charge in [0.05, 0.1) is 12.3 Å². The second kappa shape index (κ2) is 10.6. The van der Waals surface area contributed by atoms with Crippen LogP contribution in [0.15, 0.2) is 79.0 Å². The molecule has 4 heteroatoms. The molecule has 1 atom stereocenters. The molecule has 0 aliphatic carbocycles. The topological polar surface area (TPSA) is 45.6 Å². The molecule has 0 unspecified atom stereocenters. The Morgan fingerprint density at radius 1 is 0.893 bits per heavy atom. The number of aromatic nitrogens is 1. The largest absolute Gasteiger partial charge is 0.487 e. The van der Waals surface area contributed by atoms with Crippen LogP contribution in [-0.4, -0.2) is 27.6 Å². The van der Waals surface area contributed by atoms with Crippen molar-refractivity contribution in [2.24, 2.45) is 0 Å². The second-order valence-electron chi connectivity index (χ2n) is 6.89. The van der Waals surface area contributed by atoms with E-state index < -0.39 is 0 Å². The van der Waals surface area contributed by atoms with Gasteiger partial charge in [0.1, 0.15) is 12.4 Å². The summed E-state index contributed by atoms with van der Waals surface area (Å²) in [5.41, 5.74) is 3.37. The second-order valence-corrected chi connectivity index (χ2v) is 6.89. The molecule has 0 saturated carbocycles. The highest BCUT2D eigenvalue weighted by Gasteiger charge is 2.17. The third kappa shape index (κ3) is 5.91. The lowest BCUT2D eigenvalue weighted by atomic mass is 10.1.